The Morgan fingerprint density at radius 2 is 1.62 bits per heavy atom. The summed E-state index contributed by atoms with van der Waals surface area (Å²) in [7, 11) is -0.807. The lowest BCUT2D eigenvalue weighted by Gasteiger charge is -2.09. The second kappa shape index (κ2) is 1.47. The topological polar surface area (TPSA) is 0 Å². The lowest BCUT2D eigenvalue weighted by atomic mass is 10.6. The summed E-state index contributed by atoms with van der Waals surface area (Å²) < 4.78 is 0. The predicted molar refractivity (Wildman–Crippen MR) is 40.7 cm³/mol. The highest BCUT2D eigenvalue weighted by atomic mass is 28.3. The molecule has 8 heavy (non-hydrogen) atoms. The predicted octanol–water partition coefficient (Wildman–Crippen LogP) is 2.58. The average molecular weight is 126 g/mol. The van der Waals surface area contributed by atoms with Crippen LogP contribution in [0.25, 0.3) is 0 Å². The minimum atomic E-state index is -0.807. The standard InChI is InChI=1S/C7H14Si/c1-6-5-7(6)8(2,3)4/h5H2,1-4H3. The van der Waals surface area contributed by atoms with Crippen molar-refractivity contribution < 1.29 is 0 Å². The Kier molecular flexibility index (Phi) is 1.12. The van der Waals surface area contributed by atoms with Crippen molar-refractivity contribution in [1.29, 1.82) is 0 Å². The molecule has 1 aliphatic rings. The molecular weight excluding hydrogens is 112 g/mol. The normalized spacial score (nSPS) is 19.5. The highest BCUT2D eigenvalue weighted by Crippen LogP contribution is 2.37. The molecule has 0 fully saturated rings. The zero-order chi connectivity index (χ0) is 6.36. The van der Waals surface area contributed by atoms with Crippen LogP contribution >= 0.6 is 0 Å². The molecule has 1 heteroatoms. The molecule has 0 radical (unpaired) electrons. The summed E-state index contributed by atoms with van der Waals surface area (Å²) in [5, 5.41) is 1.80. The van der Waals surface area contributed by atoms with Crippen LogP contribution in [0.15, 0.2) is 10.8 Å². The van der Waals surface area contributed by atoms with Crippen LogP contribution in [0.3, 0.4) is 0 Å². The van der Waals surface area contributed by atoms with Crippen molar-refractivity contribution in [3.05, 3.63) is 10.8 Å². The van der Waals surface area contributed by atoms with Gasteiger partial charge in [-0.15, -0.1) is 0 Å². The van der Waals surface area contributed by atoms with E-state index in [4.69, 9.17) is 0 Å². The molecule has 0 aromatic carbocycles. The summed E-state index contributed by atoms with van der Waals surface area (Å²) >= 11 is 0. The third-order valence-electron chi connectivity index (χ3n) is 1.74. The van der Waals surface area contributed by atoms with Crippen LogP contribution in [0.5, 0.6) is 0 Å². The second-order valence-electron chi connectivity index (χ2n) is 3.69. The van der Waals surface area contributed by atoms with E-state index in [1.807, 2.05) is 0 Å². The molecule has 1 rings (SSSR count). The van der Waals surface area contributed by atoms with Gasteiger partial charge in [0, 0.05) is 0 Å². The number of hydrogen-bond donors (Lipinski definition) is 0. The van der Waals surface area contributed by atoms with Crippen molar-refractivity contribution in [3.8, 4) is 0 Å². The number of allylic oxidation sites excluding steroid dienone is 2. The number of rotatable bonds is 1. The van der Waals surface area contributed by atoms with Crippen LogP contribution in [-0.4, -0.2) is 8.07 Å². The summed E-state index contributed by atoms with van der Waals surface area (Å²) in [4.78, 5) is 0. The molecule has 0 heterocycles. The van der Waals surface area contributed by atoms with E-state index in [0.717, 1.165) is 0 Å². The van der Waals surface area contributed by atoms with Crippen LogP contribution in [0, 0.1) is 0 Å². The average Bonchev–Trinajstić information content (AvgIpc) is 2.13. The molecule has 0 spiro atoms. The van der Waals surface area contributed by atoms with Crippen LogP contribution in [-0.2, 0) is 0 Å². The highest BCUT2D eigenvalue weighted by molar-refractivity contribution is 6.84. The van der Waals surface area contributed by atoms with Gasteiger partial charge < -0.3 is 0 Å². The summed E-state index contributed by atoms with van der Waals surface area (Å²) in [6.07, 6.45) is 1.36. The van der Waals surface area contributed by atoms with Crippen molar-refractivity contribution in [2.24, 2.45) is 0 Å². The smallest absolute Gasteiger partial charge is 0.0728 e. The zero-order valence-electron chi connectivity index (χ0n) is 6.21. The first-order valence-corrected chi connectivity index (χ1v) is 6.71. The molecule has 0 nitrogen and oxygen atoms in total. The Labute approximate surface area is 52.6 Å². The fraction of sp³-hybridized carbons (Fsp3) is 0.714. The molecule has 0 N–H and O–H groups in total. The highest BCUT2D eigenvalue weighted by Gasteiger charge is 2.29. The summed E-state index contributed by atoms with van der Waals surface area (Å²) in [5.41, 5.74) is 1.67. The van der Waals surface area contributed by atoms with Crippen LogP contribution in [0.2, 0.25) is 19.6 Å². The van der Waals surface area contributed by atoms with Crippen molar-refractivity contribution in [1.82, 2.24) is 0 Å². The fourth-order valence-corrected chi connectivity index (χ4v) is 3.20. The quantitative estimate of drug-likeness (QED) is 0.474. The third-order valence-corrected chi connectivity index (χ3v) is 4.15. The van der Waals surface area contributed by atoms with Crippen LogP contribution in [0.1, 0.15) is 13.3 Å². The molecule has 0 aromatic rings. The van der Waals surface area contributed by atoms with Crippen molar-refractivity contribution >= 4 is 8.07 Å². The molecular formula is C7H14Si. The first-order chi connectivity index (χ1) is 3.52. The molecule has 0 amide bonds. The molecule has 0 aliphatic heterocycles. The van der Waals surface area contributed by atoms with Gasteiger partial charge in [0.05, 0.1) is 8.07 Å². The van der Waals surface area contributed by atoms with Gasteiger partial charge in [-0.1, -0.05) is 30.4 Å². The lowest BCUT2D eigenvalue weighted by molar-refractivity contribution is 1.47. The van der Waals surface area contributed by atoms with E-state index in [1.54, 1.807) is 10.8 Å². The van der Waals surface area contributed by atoms with Gasteiger partial charge in [-0.3, -0.25) is 0 Å². The summed E-state index contributed by atoms with van der Waals surface area (Å²) in [6, 6.07) is 0. The Morgan fingerprint density at radius 1 is 1.25 bits per heavy atom. The minimum absolute atomic E-state index is 0.807. The van der Waals surface area contributed by atoms with Gasteiger partial charge in [0.2, 0.25) is 0 Å². The minimum Gasteiger partial charge on any atom is -0.0779 e. The first kappa shape index (κ1) is 6.08. The molecule has 1 aliphatic carbocycles. The molecule has 0 bridgehead atoms. The molecule has 46 valence electrons. The first-order valence-electron chi connectivity index (χ1n) is 3.21. The molecule has 0 saturated heterocycles. The Bertz CT molecular complexity index is 137. The second-order valence-corrected chi connectivity index (χ2v) is 8.79. The van der Waals surface area contributed by atoms with Gasteiger partial charge in [0.25, 0.3) is 0 Å². The van der Waals surface area contributed by atoms with E-state index >= 15 is 0 Å². The third kappa shape index (κ3) is 1.02. The van der Waals surface area contributed by atoms with Crippen LogP contribution in [0.4, 0.5) is 0 Å². The van der Waals surface area contributed by atoms with Gasteiger partial charge in [0.1, 0.15) is 0 Å². The maximum absolute atomic E-state index is 2.42. The van der Waals surface area contributed by atoms with Crippen molar-refractivity contribution in [3.63, 3.8) is 0 Å². The molecule has 0 aromatic heterocycles. The van der Waals surface area contributed by atoms with E-state index in [1.165, 1.54) is 6.42 Å². The summed E-state index contributed by atoms with van der Waals surface area (Å²) in [5.74, 6) is 0. The largest absolute Gasteiger partial charge is 0.0779 e. The Hall–Kier alpha value is -0.0431. The van der Waals surface area contributed by atoms with Crippen LogP contribution < -0.4 is 0 Å². The van der Waals surface area contributed by atoms with Gasteiger partial charge in [0.15, 0.2) is 0 Å². The lowest BCUT2D eigenvalue weighted by Crippen LogP contribution is -2.18. The SMILES string of the molecule is CC1=C([Si](C)(C)C)C1. The van der Waals surface area contributed by atoms with E-state index in [-0.39, 0.29) is 0 Å². The molecule has 0 unspecified atom stereocenters. The molecule has 0 saturated carbocycles. The van der Waals surface area contributed by atoms with Gasteiger partial charge >= 0.3 is 0 Å². The van der Waals surface area contributed by atoms with E-state index in [9.17, 15) is 0 Å². The maximum Gasteiger partial charge on any atom is 0.0728 e. The molecule has 0 atom stereocenters. The van der Waals surface area contributed by atoms with Gasteiger partial charge in [-0.2, -0.15) is 0 Å². The van der Waals surface area contributed by atoms with Gasteiger partial charge in [-0.25, -0.2) is 0 Å². The Morgan fingerprint density at radius 3 is 1.62 bits per heavy atom. The maximum atomic E-state index is 2.42. The monoisotopic (exact) mass is 126 g/mol. The Balaban J connectivity index is 2.63. The van der Waals surface area contributed by atoms with Crippen molar-refractivity contribution in [2.75, 3.05) is 0 Å². The van der Waals surface area contributed by atoms with Gasteiger partial charge in [-0.05, 0) is 13.3 Å². The van der Waals surface area contributed by atoms with Crippen molar-refractivity contribution in [2.45, 2.75) is 33.0 Å². The summed E-state index contributed by atoms with van der Waals surface area (Å²) in [6.45, 7) is 9.50. The fourth-order valence-electron chi connectivity index (χ4n) is 1.13. The van der Waals surface area contributed by atoms with E-state index < -0.39 is 8.07 Å². The number of hydrogen-bond acceptors (Lipinski definition) is 0. The zero-order valence-corrected chi connectivity index (χ0v) is 7.21. The van der Waals surface area contributed by atoms with E-state index in [2.05, 4.69) is 26.6 Å². The van der Waals surface area contributed by atoms with E-state index in [0.29, 0.717) is 0 Å².